The normalized spacial score (nSPS) is 14.2. The first-order chi connectivity index (χ1) is 15.5. The van der Waals surface area contributed by atoms with Crippen LogP contribution < -0.4 is 15.5 Å². The van der Waals surface area contributed by atoms with Gasteiger partial charge in [0.25, 0.3) is 11.8 Å². The lowest BCUT2D eigenvalue weighted by molar-refractivity contribution is 0.0927. The summed E-state index contributed by atoms with van der Waals surface area (Å²) in [7, 11) is 1.74. The monoisotopic (exact) mass is 485 g/mol. The number of rotatable bonds is 4. The van der Waals surface area contributed by atoms with Crippen molar-refractivity contribution in [1.29, 1.82) is 0 Å². The number of nitrogens with zero attached hydrogens (tertiary/aromatic N) is 1. The highest BCUT2D eigenvalue weighted by Gasteiger charge is 2.23. The van der Waals surface area contributed by atoms with Crippen LogP contribution in [0.25, 0.3) is 10.1 Å². The van der Waals surface area contributed by atoms with Crippen molar-refractivity contribution in [3.8, 4) is 0 Å². The summed E-state index contributed by atoms with van der Waals surface area (Å²) in [5.41, 5.74) is 1.16. The lowest BCUT2D eigenvalue weighted by Gasteiger charge is -2.25. The van der Waals surface area contributed by atoms with Gasteiger partial charge in [0, 0.05) is 23.2 Å². The molecular weight excluding hydrogens is 462 g/mol. The molecule has 1 aliphatic carbocycles. The van der Waals surface area contributed by atoms with Gasteiger partial charge in [0.05, 0.1) is 16.3 Å². The van der Waals surface area contributed by atoms with E-state index in [1.54, 1.807) is 18.0 Å². The zero-order chi connectivity index (χ0) is 22.7. The first-order valence-corrected chi connectivity index (χ1v) is 12.2. The van der Waals surface area contributed by atoms with E-state index in [2.05, 4.69) is 10.6 Å². The summed E-state index contributed by atoms with van der Waals surface area (Å²) in [6, 6.07) is 15.1. The molecular formula is C24H24ClN3O2S2. The van der Waals surface area contributed by atoms with Gasteiger partial charge in [-0.05, 0) is 43.3 Å². The van der Waals surface area contributed by atoms with Gasteiger partial charge in [0.2, 0.25) is 0 Å². The van der Waals surface area contributed by atoms with E-state index in [-0.39, 0.29) is 23.0 Å². The average Bonchev–Trinajstić information content (AvgIpc) is 3.16. The van der Waals surface area contributed by atoms with Gasteiger partial charge in [0.15, 0.2) is 5.11 Å². The molecule has 2 amide bonds. The maximum absolute atomic E-state index is 13.0. The molecule has 0 bridgehead atoms. The lowest BCUT2D eigenvalue weighted by Crippen LogP contribution is -2.42. The molecule has 1 saturated carbocycles. The lowest BCUT2D eigenvalue weighted by atomic mass is 9.95. The molecule has 5 nitrogen and oxygen atoms in total. The summed E-state index contributed by atoms with van der Waals surface area (Å²) in [6.45, 7) is 0. The number of anilines is 1. The van der Waals surface area contributed by atoms with Gasteiger partial charge in [-0.2, -0.15) is 0 Å². The molecule has 1 fully saturated rings. The molecule has 8 heteroatoms. The quantitative estimate of drug-likeness (QED) is 0.460. The molecule has 0 atom stereocenters. The molecule has 1 aliphatic rings. The number of nitrogens with one attached hydrogen (secondary N) is 2. The van der Waals surface area contributed by atoms with E-state index in [0.29, 0.717) is 21.2 Å². The highest BCUT2D eigenvalue weighted by atomic mass is 35.5. The third-order valence-corrected chi connectivity index (χ3v) is 7.77. The van der Waals surface area contributed by atoms with E-state index in [4.69, 9.17) is 23.8 Å². The van der Waals surface area contributed by atoms with Crippen molar-refractivity contribution < 1.29 is 9.59 Å². The van der Waals surface area contributed by atoms with Gasteiger partial charge < -0.3 is 10.2 Å². The van der Waals surface area contributed by atoms with E-state index in [0.717, 1.165) is 35.8 Å². The molecule has 166 valence electrons. The molecule has 2 aromatic carbocycles. The second-order valence-electron chi connectivity index (χ2n) is 7.89. The molecule has 0 unspecified atom stereocenters. The molecule has 0 radical (unpaired) electrons. The minimum absolute atomic E-state index is 0.124. The fourth-order valence-corrected chi connectivity index (χ4v) is 5.58. The van der Waals surface area contributed by atoms with Crippen molar-refractivity contribution in [2.45, 2.75) is 38.1 Å². The van der Waals surface area contributed by atoms with Crippen LogP contribution in [0.3, 0.4) is 0 Å². The first-order valence-electron chi connectivity index (χ1n) is 10.6. The van der Waals surface area contributed by atoms with Crippen molar-refractivity contribution in [1.82, 2.24) is 10.6 Å². The van der Waals surface area contributed by atoms with Gasteiger partial charge in [-0.15, -0.1) is 11.3 Å². The topological polar surface area (TPSA) is 61.4 Å². The third kappa shape index (κ3) is 4.80. The zero-order valence-electron chi connectivity index (χ0n) is 17.7. The highest BCUT2D eigenvalue weighted by molar-refractivity contribution is 7.80. The molecule has 1 aromatic heterocycles. The van der Waals surface area contributed by atoms with Gasteiger partial charge in [-0.1, -0.05) is 61.2 Å². The minimum Gasteiger partial charge on any atom is -0.349 e. The standard InChI is InChI=1S/C24H24ClN3O2S2/c1-28(18-13-7-5-11-16(18)22(29)26-15-9-3-2-4-10-15)24(31)27-23(30)21-20(25)17-12-6-8-14-19(17)32-21/h5-8,11-15H,2-4,9-10H2,1H3,(H,26,29)(H,27,30,31). The van der Waals surface area contributed by atoms with Crippen LogP contribution in [0.1, 0.15) is 52.1 Å². The van der Waals surface area contributed by atoms with Crippen molar-refractivity contribution in [2.75, 3.05) is 11.9 Å². The predicted octanol–water partition coefficient (Wildman–Crippen LogP) is 5.77. The number of amides is 2. The van der Waals surface area contributed by atoms with E-state index in [1.807, 2.05) is 42.5 Å². The largest absolute Gasteiger partial charge is 0.349 e. The molecule has 0 saturated heterocycles. The van der Waals surface area contributed by atoms with Crippen molar-refractivity contribution >= 4 is 67.9 Å². The summed E-state index contributed by atoms with van der Waals surface area (Å²) in [5.74, 6) is -0.488. The zero-order valence-corrected chi connectivity index (χ0v) is 20.1. The van der Waals surface area contributed by atoms with Crippen LogP contribution in [-0.4, -0.2) is 30.0 Å². The second kappa shape index (κ2) is 9.98. The molecule has 1 heterocycles. The fraction of sp³-hybridized carbons (Fsp3) is 0.292. The Labute approximate surface area is 201 Å². The second-order valence-corrected chi connectivity index (χ2v) is 9.70. The van der Waals surface area contributed by atoms with E-state index >= 15 is 0 Å². The molecule has 32 heavy (non-hydrogen) atoms. The van der Waals surface area contributed by atoms with E-state index in [9.17, 15) is 9.59 Å². The Morgan fingerprint density at radius 2 is 1.72 bits per heavy atom. The van der Waals surface area contributed by atoms with Crippen LogP contribution in [0.2, 0.25) is 5.02 Å². The Hall–Kier alpha value is -2.48. The number of carbonyl (C=O) groups excluding carboxylic acids is 2. The van der Waals surface area contributed by atoms with Crippen LogP contribution >= 0.6 is 35.2 Å². The van der Waals surface area contributed by atoms with Crippen molar-refractivity contribution in [3.05, 3.63) is 64.0 Å². The molecule has 0 spiro atoms. The van der Waals surface area contributed by atoms with Crippen LogP contribution in [0.15, 0.2) is 48.5 Å². The number of thiocarbonyl (C=S) groups is 1. The Morgan fingerprint density at radius 3 is 2.47 bits per heavy atom. The Kier molecular flexibility index (Phi) is 7.08. The summed E-state index contributed by atoms with van der Waals surface area (Å²) >= 11 is 13.2. The SMILES string of the molecule is CN(C(=S)NC(=O)c1sc2ccccc2c1Cl)c1ccccc1C(=O)NC1CCCCC1. The number of halogens is 1. The number of benzene rings is 2. The number of para-hydroxylation sites is 1. The maximum atomic E-state index is 13.0. The summed E-state index contributed by atoms with van der Waals surface area (Å²) in [6.07, 6.45) is 5.53. The Balaban J connectivity index is 1.49. The van der Waals surface area contributed by atoms with Crippen molar-refractivity contribution in [3.63, 3.8) is 0 Å². The molecule has 0 aliphatic heterocycles. The Morgan fingerprint density at radius 1 is 1.03 bits per heavy atom. The number of carbonyl (C=O) groups is 2. The van der Waals surface area contributed by atoms with Gasteiger partial charge in [0.1, 0.15) is 4.88 Å². The van der Waals surface area contributed by atoms with Crippen LogP contribution in [-0.2, 0) is 0 Å². The molecule has 2 N–H and O–H groups in total. The van der Waals surface area contributed by atoms with Gasteiger partial charge in [-0.25, -0.2) is 0 Å². The summed E-state index contributed by atoms with van der Waals surface area (Å²) < 4.78 is 0.937. The maximum Gasteiger partial charge on any atom is 0.269 e. The van der Waals surface area contributed by atoms with Crippen LogP contribution in [0.4, 0.5) is 5.69 Å². The minimum atomic E-state index is -0.364. The predicted molar refractivity (Wildman–Crippen MR) is 136 cm³/mol. The summed E-state index contributed by atoms with van der Waals surface area (Å²) in [5, 5.41) is 7.36. The molecule has 4 rings (SSSR count). The van der Waals surface area contributed by atoms with E-state index < -0.39 is 0 Å². The Bertz CT molecular complexity index is 1170. The number of hydrogen-bond donors (Lipinski definition) is 2. The summed E-state index contributed by atoms with van der Waals surface area (Å²) in [4.78, 5) is 27.9. The van der Waals surface area contributed by atoms with Crippen LogP contribution in [0.5, 0.6) is 0 Å². The fourth-order valence-electron chi connectivity index (χ4n) is 3.98. The van der Waals surface area contributed by atoms with Crippen LogP contribution in [0, 0.1) is 0 Å². The average molecular weight is 486 g/mol. The third-order valence-electron chi connectivity index (χ3n) is 5.72. The first kappa shape index (κ1) is 22.7. The van der Waals surface area contributed by atoms with Gasteiger partial charge >= 0.3 is 0 Å². The van der Waals surface area contributed by atoms with Gasteiger partial charge in [-0.3, -0.25) is 14.9 Å². The smallest absolute Gasteiger partial charge is 0.269 e. The number of hydrogen-bond acceptors (Lipinski definition) is 4. The number of fused-ring (bicyclic) bond motifs is 1. The highest BCUT2D eigenvalue weighted by Crippen LogP contribution is 2.35. The van der Waals surface area contributed by atoms with E-state index in [1.165, 1.54) is 17.8 Å². The number of thiophene rings is 1. The molecule has 3 aromatic rings. The van der Waals surface area contributed by atoms with Crippen molar-refractivity contribution in [2.24, 2.45) is 0 Å².